The molecular formula is C21H21ClN2O3. The van der Waals surface area contributed by atoms with E-state index >= 15 is 0 Å². The van der Waals surface area contributed by atoms with Crippen molar-refractivity contribution in [2.75, 3.05) is 19.0 Å². The molecule has 2 aromatic carbocycles. The number of carbonyl (C=O) groups is 1. The minimum atomic E-state index is -0.539. The summed E-state index contributed by atoms with van der Waals surface area (Å²) in [6.07, 6.45) is 2.37. The largest absolute Gasteiger partial charge is 0.495 e. The number of aryl methyl sites for hydroxylation is 1. The van der Waals surface area contributed by atoms with Crippen molar-refractivity contribution in [3.63, 3.8) is 0 Å². The van der Waals surface area contributed by atoms with Crippen LogP contribution < -0.4 is 14.8 Å². The molecule has 0 aliphatic heterocycles. The van der Waals surface area contributed by atoms with Crippen molar-refractivity contribution in [1.82, 2.24) is 0 Å². The smallest absolute Gasteiger partial charge is 0.266 e. The highest BCUT2D eigenvalue weighted by molar-refractivity contribution is 6.31. The second-order valence-corrected chi connectivity index (χ2v) is 6.22. The summed E-state index contributed by atoms with van der Waals surface area (Å²) in [6.45, 7) is 4.38. The molecule has 27 heavy (non-hydrogen) atoms. The Balaban J connectivity index is 2.31. The van der Waals surface area contributed by atoms with E-state index in [0.717, 1.165) is 12.0 Å². The normalized spacial score (nSPS) is 10.9. The average molecular weight is 385 g/mol. The number of ether oxygens (including phenoxy) is 2. The van der Waals surface area contributed by atoms with Crippen molar-refractivity contribution in [3.05, 3.63) is 58.1 Å². The first kappa shape index (κ1) is 20.3. The fourth-order valence-corrected chi connectivity index (χ4v) is 2.52. The van der Waals surface area contributed by atoms with Gasteiger partial charge in [-0.3, -0.25) is 4.79 Å². The quantitative estimate of drug-likeness (QED) is 0.539. The Kier molecular flexibility index (Phi) is 7.27. The first-order valence-electron chi connectivity index (χ1n) is 8.49. The van der Waals surface area contributed by atoms with Gasteiger partial charge in [-0.25, -0.2) is 0 Å². The van der Waals surface area contributed by atoms with Crippen LogP contribution in [0.3, 0.4) is 0 Å². The van der Waals surface area contributed by atoms with Crippen LogP contribution in [0, 0.1) is 18.3 Å². The van der Waals surface area contributed by atoms with E-state index in [1.54, 1.807) is 24.3 Å². The second kappa shape index (κ2) is 9.65. The van der Waals surface area contributed by atoms with Crippen LogP contribution in [0.1, 0.15) is 24.5 Å². The van der Waals surface area contributed by atoms with E-state index in [1.165, 1.54) is 13.2 Å². The third-order valence-corrected chi connectivity index (χ3v) is 4.18. The number of carbonyl (C=O) groups excluding carboxylic acids is 1. The van der Waals surface area contributed by atoms with Gasteiger partial charge in [0, 0.05) is 16.7 Å². The summed E-state index contributed by atoms with van der Waals surface area (Å²) < 4.78 is 10.9. The number of amides is 1. The van der Waals surface area contributed by atoms with Crippen LogP contribution in [-0.4, -0.2) is 19.6 Å². The summed E-state index contributed by atoms with van der Waals surface area (Å²) in [5.41, 5.74) is 1.85. The van der Waals surface area contributed by atoms with Crippen LogP contribution in [0.4, 0.5) is 5.69 Å². The van der Waals surface area contributed by atoms with E-state index in [1.807, 2.05) is 32.0 Å². The van der Waals surface area contributed by atoms with Gasteiger partial charge in [0.2, 0.25) is 0 Å². The van der Waals surface area contributed by atoms with Gasteiger partial charge >= 0.3 is 0 Å². The maximum atomic E-state index is 12.6. The molecule has 6 heteroatoms. The molecule has 5 nitrogen and oxygen atoms in total. The maximum Gasteiger partial charge on any atom is 0.266 e. The lowest BCUT2D eigenvalue weighted by molar-refractivity contribution is -0.112. The number of nitriles is 1. The molecule has 2 aromatic rings. The standard InChI is InChI=1S/C21H21ClN2O3/c1-4-9-27-19-8-6-5-7-15(19)11-16(13-23)21(25)24-18-10-14(2)17(22)12-20(18)26-3/h5-8,10-12H,4,9H2,1-3H3,(H,24,25)/b16-11+. The van der Waals surface area contributed by atoms with Gasteiger partial charge in [0.25, 0.3) is 5.91 Å². The topological polar surface area (TPSA) is 71.3 Å². The van der Waals surface area contributed by atoms with Crippen molar-refractivity contribution < 1.29 is 14.3 Å². The van der Waals surface area contributed by atoms with Crippen LogP contribution >= 0.6 is 11.6 Å². The van der Waals surface area contributed by atoms with Gasteiger partial charge in [0.15, 0.2) is 0 Å². The van der Waals surface area contributed by atoms with Crippen LogP contribution in [0.2, 0.25) is 5.02 Å². The number of nitrogens with zero attached hydrogens (tertiary/aromatic N) is 1. The third-order valence-electron chi connectivity index (χ3n) is 3.77. The molecule has 140 valence electrons. The van der Waals surface area contributed by atoms with Crippen LogP contribution in [0.5, 0.6) is 11.5 Å². The molecule has 0 radical (unpaired) electrons. The van der Waals surface area contributed by atoms with Gasteiger partial charge in [0.05, 0.1) is 19.4 Å². The summed E-state index contributed by atoms with van der Waals surface area (Å²) in [5.74, 6) is 0.505. The second-order valence-electron chi connectivity index (χ2n) is 5.81. The van der Waals surface area contributed by atoms with E-state index < -0.39 is 5.91 Å². The molecule has 1 amide bonds. The van der Waals surface area contributed by atoms with Crippen molar-refractivity contribution >= 4 is 29.3 Å². The number of para-hydroxylation sites is 1. The highest BCUT2D eigenvalue weighted by Gasteiger charge is 2.15. The fraction of sp³-hybridized carbons (Fsp3) is 0.238. The lowest BCUT2D eigenvalue weighted by atomic mass is 10.1. The van der Waals surface area contributed by atoms with Crippen molar-refractivity contribution in [2.45, 2.75) is 20.3 Å². The molecule has 0 aliphatic carbocycles. The predicted molar refractivity (Wildman–Crippen MR) is 107 cm³/mol. The monoisotopic (exact) mass is 384 g/mol. The predicted octanol–water partition coefficient (Wildman–Crippen LogP) is 4.99. The summed E-state index contributed by atoms with van der Waals surface area (Å²) >= 11 is 6.09. The summed E-state index contributed by atoms with van der Waals surface area (Å²) in [4.78, 5) is 12.6. The van der Waals surface area contributed by atoms with Crippen LogP contribution in [0.25, 0.3) is 6.08 Å². The van der Waals surface area contributed by atoms with Gasteiger partial charge in [-0.05, 0) is 37.1 Å². The molecule has 1 N–H and O–H groups in total. The zero-order chi connectivity index (χ0) is 19.8. The summed E-state index contributed by atoms with van der Waals surface area (Å²) in [5, 5.41) is 12.7. The maximum absolute atomic E-state index is 12.6. The number of hydrogen-bond acceptors (Lipinski definition) is 4. The highest BCUT2D eigenvalue weighted by Crippen LogP contribution is 2.31. The number of methoxy groups -OCH3 is 1. The van der Waals surface area contributed by atoms with Gasteiger partial charge in [-0.15, -0.1) is 0 Å². The molecule has 0 atom stereocenters. The molecule has 0 bridgehead atoms. The van der Waals surface area contributed by atoms with Crippen LogP contribution in [-0.2, 0) is 4.79 Å². The van der Waals surface area contributed by atoms with Gasteiger partial charge in [-0.1, -0.05) is 36.7 Å². The lowest BCUT2D eigenvalue weighted by Crippen LogP contribution is -2.14. The van der Waals surface area contributed by atoms with Gasteiger partial charge in [-0.2, -0.15) is 5.26 Å². The summed E-state index contributed by atoms with van der Waals surface area (Å²) in [7, 11) is 1.49. The molecule has 0 spiro atoms. The number of nitrogens with one attached hydrogen (secondary N) is 1. The SMILES string of the molecule is CCCOc1ccccc1/C=C(\C#N)C(=O)Nc1cc(C)c(Cl)cc1OC. The molecule has 0 aliphatic rings. The molecule has 0 saturated heterocycles. The Morgan fingerprint density at radius 1 is 1.30 bits per heavy atom. The molecule has 0 heterocycles. The molecule has 0 fully saturated rings. The van der Waals surface area contributed by atoms with Gasteiger partial charge < -0.3 is 14.8 Å². The molecule has 0 saturated carbocycles. The number of benzene rings is 2. The van der Waals surface area contributed by atoms with E-state index in [-0.39, 0.29) is 5.57 Å². The highest BCUT2D eigenvalue weighted by atomic mass is 35.5. The van der Waals surface area contributed by atoms with Crippen molar-refractivity contribution in [3.8, 4) is 17.6 Å². The third kappa shape index (κ3) is 5.25. The van der Waals surface area contributed by atoms with Crippen molar-refractivity contribution in [1.29, 1.82) is 5.26 Å². The van der Waals surface area contributed by atoms with E-state index in [0.29, 0.717) is 34.4 Å². The van der Waals surface area contributed by atoms with Crippen molar-refractivity contribution in [2.24, 2.45) is 0 Å². The molecular weight excluding hydrogens is 364 g/mol. The number of anilines is 1. The Hall–Kier alpha value is -2.97. The Morgan fingerprint density at radius 2 is 2.04 bits per heavy atom. The molecule has 0 aromatic heterocycles. The first-order chi connectivity index (χ1) is 13.0. The number of hydrogen-bond donors (Lipinski definition) is 1. The molecule has 2 rings (SSSR count). The number of rotatable bonds is 7. The van der Waals surface area contributed by atoms with E-state index in [2.05, 4.69) is 5.32 Å². The fourth-order valence-electron chi connectivity index (χ4n) is 2.37. The Morgan fingerprint density at radius 3 is 2.70 bits per heavy atom. The number of halogens is 1. The zero-order valence-corrected chi connectivity index (χ0v) is 16.3. The minimum Gasteiger partial charge on any atom is -0.495 e. The van der Waals surface area contributed by atoms with Gasteiger partial charge in [0.1, 0.15) is 23.1 Å². The Labute approximate surface area is 164 Å². The van der Waals surface area contributed by atoms with Crippen LogP contribution in [0.15, 0.2) is 42.0 Å². The Bertz CT molecular complexity index is 901. The minimum absolute atomic E-state index is 0.0443. The van der Waals surface area contributed by atoms with E-state index in [4.69, 9.17) is 21.1 Å². The average Bonchev–Trinajstić information content (AvgIpc) is 2.67. The summed E-state index contributed by atoms with van der Waals surface area (Å²) in [6, 6.07) is 12.5. The zero-order valence-electron chi connectivity index (χ0n) is 15.5. The molecule has 0 unspecified atom stereocenters. The lowest BCUT2D eigenvalue weighted by Gasteiger charge is -2.12. The first-order valence-corrected chi connectivity index (χ1v) is 8.87. The van der Waals surface area contributed by atoms with E-state index in [9.17, 15) is 10.1 Å².